The molecule has 0 bridgehead atoms. The van der Waals surface area contributed by atoms with E-state index in [0.717, 1.165) is 29.3 Å². The molecule has 0 aliphatic rings. The van der Waals surface area contributed by atoms with Gasteiger partial charge in [-0.25, -0.2) is 0 Å². The van der Waals surface area contributed by atoms with Gasteiger partial charge in [0.15, 0.2) is 5.78 Å². The number of aryl methyl sites for hydroxylation is 1. The molecule has 3 rings (SSSR count). The number of para-hydroxylation sites is 1. The Kier molecular flexibility index (Phi) is 3.78. The number of rotatable bonds is 4. The molecule has 21 heavy (non-hydrogen) atoms. The van der Waals surface area contributed by atoms with Crippen molar-refractivity contribution in [1.29, 1.82) is 0 Å². The monoisotopic (exact) mass is 275 g/mol. The zero-order chi connectivity index (χ0) is 14.7. The molecule has 3 aromatic rings. The Morgan fingerprint density at radius 1 is 1.05 bits per heavy atom. The highest BCUT2D eigenvalue weighted by atomic mass is 16.1. The number of pyridine rings is 1. The third kappa shape index (κ3) is 2.70. The van der Waals surface area contributed by atoms with Crippen LogP contribution >= 0.6 is 0 Å². The number of ketones is 1. The lowest BCUT2D eigenvalue weighted by atomic mass is 9.98. The van der Waals surface area contributed by atoms with Crippen LogP contribution in [-0.4, -0.2) is 10.8 Å². The molecule has 0 spiro atoms. The Bertz CT molecular complexity index is 787. The van der Waals surface area contributed by atoms with Crippen LogP contribution in [0.3, 0.4) is 0 Å². The summed E-state index contributed by atoms with van der Waals surface area (Å²) in [5.74, 6) is 0.0391. The van der Waals surface area contributed by atoms with Gasteiger partial charge in [0, 0.05) is 22.7 Å². The number of hydrogen-bond donors (Lipinski definition) is 0. The summed E-state index contributed by atoms with van der Waals surface area (Å²) in [4.78, 5) is 17.1. The van der Waals surface area contributed by atoms with E-state index in [0.29, 0.717) is 5.56 Å². The van der Waals surface area contributed by atoms with Crippen molar-refractivity contribution in [2.45, 2.75) is 19.8 Å². The van der Waals surface area contributed by atoms with Crippen LogP contribution in [0.4, 0.5) is 0 Å². The molecule has 0 saturated carbocycles. The highest BCUT2D eigenvalue weighted by Crippen LogP contribution is 2.20. The number of carbonyl (C=O) groups excluding carboxylic acids is 1. The van der Waals surface area contributed by atoms with Gasteiger partial charge in [-0.2, -0.15) is 0 Å². The summed E-state index contributed by atoms with van der Waals surface area (Å²) in [6.07, 6.45) is 3.80. The molecule has 0 aliphatic heterocycles. The van der Waals surface area contributed by atoms with Gasteiger partial charge in [0.2, 0.25) is 0 Å². The zero-order valence-corrected chi connectivity index (χ0v) is 12.0. The van der Waals surface area contributed by atoms with Crippen molar-refractivity contribution >= 4 is 16.7 Å². The highest BCUT2D eigenvalue weighted by Gasteiger charge is 2.13. The number of carbonyl (C=O) groups is 1. The Balaban J connectivity index is 2.06. The van der Waals surface area contributed by atoms with E-state index in [-0.39, 0.29) is 5.78 Å². The van der Waals surface area contributed by atoms with E-state index in [4.69, 9.17) is 0 Å². The first kappa shape index (κ1) is 13.5. The van der Waals surface area contributed by atoms with E-state index in [9.17, 15) is 4.79 Å². The first-order valence-electron chi connectivity index (χ1n) is 7.27. The molecule has 0 unspecified atom stereocenters. The molecule has 0 radical (unpaired) electrons. The van der Waals surface area contributed by atoms with E-state index in [2.05, 4.69) is 18.0 Å². The first-order valence-corrected chi connectivity index (χ1v) is 7.27. The van der Waals surface area contributed by atoms with Crippen molar-refractivity contribution < 1.29 is 4.79 Å². The lowest BCUT2D eigenvalue weighted by Crippen LogP contribution is -2.03. The predicted octanol–water partition coefficient (Wildman–Crippen LogP) is 4.42. The van der Waals surface area contributed by atoms with Gasteiger partial charge in [-0.15, -0.1) is 0 Å². The molecular weight excluding hydrogens is 258 g/mol. The third-order valence-corrected chi connectivity index (χ3v) is 3.61. The molecular formula is C19H17NO. The minimum atomic E-state index is 0.0391. The van der Waals surface area contributed by atoms with Crippen LogP contribution in [0.2, 0.25) is 0 Å². The first-order chi connectivity index (χ1) is 10.3. The van der Waals surface area contributed by atoms with E-state index < -0.39 is 0 Å². The standard InChI is InChI=1S/C19H17NO/c1-2-6-14-7-3-9-16(13-14)19(21)17-11-4-8-15-10-5-12-20-18(15)17/h3-5,7-13H,2,6H2,1H3. The summed E-state index contributed by atoms with van der Waals surface area (Å²) >= 11 is 0. The maximum Gasteiger partial charge on any atom is 0.195 e. The van der Waals surface area contributed by atoms with E-state index >= 15 is 0 Å². The number of benzene rings is 2. The quantitative estimate of drug-likeness (QED) is 0.660. The van der Waals surface area contributed by atoms with Crippen LogP contribution in [0, 0.1) is 0 Å². The van der Waals surface area contributed by atoms with Gasteiger partial charge in [-0.3, -0.25) is 9.78 Å². The van der Waals surface area contributed by atoms with E-state index in [1.807, 2.05) is 48.5 Å². The van der Waals surface area contributed by atoms with E-state index in [1.54, 1.807) is 6.20 Å². The second kappa shape index (κ2) is 5.88. The zero-order valence-electron chi connectivity index (χ0n) is 12.0. The summed E-state index contributed by atoms with van der Waals surface area (Å²) in [7, 11) is 0. The lowest BCUT2D eigenvalue weighted by molar-refractivity contribution is 0.104. The van der Waals surface area contributed by atoms with Gasteiger partial charge in [0.05, 0.1) is 5.52 Å². The number of nitrogens with zero attached hydrogens (tertiary/aromatic N) is 1. The van der Waals surface area contributed by atoms with Crippen molar-refractivity contribution in [1.82, 2.24) is 4.98 Å². The smallest absolute Gasteiger partial charge is 0.195 e. The molecule has 0 fully saturated rings. The molecule has 0 amide bonds. The van der Waals surface area contributed by atoms with Crippen molar-refractivity contribution in [3.8, 4) is 0 Å². The molecule has 1 aromatic heterocycles. The summed E-state index contributed by atoms with van der Waals surface area (Å²) in [5.41, 5.74) is 3.38. The maximum atomic E-state index is 12.8. The van der Waals surface area contributed by atoms with Crippen LogP contribution in [0.1, 0.15) is 34.8 Å². The molecule has 2 heteroatoms. The minimum Gasteiger partial charge on any atom is -0.289 e. The Morgan fingerprint density at radius 2 is 1.86 bits per heavy atom. The fourth-order valence-corrected chi connectivity index (χ4v) is 2.60. The van der Waals surface area contributed by atoms with Crippen LogP contribution in [-0.2, 0) is 6.42 Å². The number of aromatic nitrogens is 1. The molecule has 1 heterocycles. The Labute approximate surface area is 124 Å². The summed E-state index contributed by atoms with van der Waals surface area (Å²) in [6.45, 7) is 2.14. The molecule has 2 aromatic carbocycles. The number of fused-ring (bicyclic) bond motifs is 1. The van der Waals surface area contributed by atoms with Crippen LogP contribution < -0.4 is 0 Å². The number of hydrogen-bond acceptors (Lipinski definition) is 2. The SMILES string of the molecule is CCCc1cccc(C(=O)c2cccc3cccnc23)c1. The van der Waals surface area contributed by atoms with Gasteiger partial charge < -0.3 is 0 Å². The predicted molar refractivity (Wildman–Crippen MR) is 85.6 cm³/mol. The van der Waals surface area contributed by atoms with Crippen LogP contribution in [0.25, 0.3) is 10.9 Å². The van der Waals surface area contributed by atoms with Crippen LogP contribution in [0.15, 0.2) is 60.8 Å². The highest BCUT2D eigenvalue weighted by molar-refractivity contribution is 6.15. The van der Waals surface area contributed by atoms with Gasteiger partial charge >= 0.3 is 0 Å². The molecule has 2 nitrogen and oxygen atoms in total. The lowest BCUT2D eigenvalue weighted by Gasteiger charge is -2.06. The van der Waals surface area contributed by atoms with Crippen molar-refractivity contribution in [3.05, 3.63) is 77.5 Å². The Hall–Kier alpha value is -2.48. The van der Waals surface area contributed by atoms with Crippen molar-refractivity contribution in [2.75, 3.05) is 0 Å². The normalized spacial score (nSPS) is 10.7. The molecule has 0 aliphatic carbocycles. The fraction of sp³-hybridized carbons (Fsp3) is 0.158. The topological polar surface area (TPSA) is 30.0 Å². The molecule has 0 atom stereocenters. The molecule has 0 saturated heterocycles. The van der Waals surface area contributed by atoms with Crippen molar-refractivity contribution in [3.63, 3.8) is 0 Å². The molecule has 0 N–H and O–H groups in total. The van der Waals surface area contributed by atoms with E-state index in [1.165, 1.54) is 5.56 Å². The van der Waals surface area contributed by atoms with Crippen LogP contribution in [0.5, 0.6) is 0 Å². The van der Waals surface area contributed by atoms with Gasteiger partial charge in [0.1, 0.15) is 0 Å². The third-order valence-electron chi connectivity index (χ3n) is 3.61. The van der Waals surface area contributed by atoms with Gasteiger partial charge in [-0.05, 0) is 30.2 Å². The molecule has 104 valence electrons. The largest absolute Gasteiger partial charge is 0.289 e. The average Bonchev–Trinajstić information content (AvgIpc) is 2.54. The Morgan fingerprint density at radius 3 is 2.71 bits per heavy atom. The van der Waals surface area contributed by atoms with Gasteiger partial charge in [0.25, 0.3) is 0 Å². The second-order valence-corrected chi connectivity index (χ2v) is 5.16. The summed E-state index contributed by atoms with van der Waals surface area (Å²) in [5, 5.41) is 0.994. The van der Waals surface area contributed by atoms with Gasteiger partial charge in [-0.1, -0.05) is 49.7 Å². The second-order valence-electron chi connectivity index (χ2n) is 5.16. The minimum absolute atomic E-state index is 0.0391. The summed E-state index contributed by atoms with van der Waals surface area (Å²) in [6, 6.07) is 17.5. The maximum absolute atomic E-state index is 12.8. The van der Waals surface area contributed by atoms with Crippen molar-refractivity contribution in [2.24, 2.45) is 0 Å². The average molecular weight is 275 g/mol. The fourth-order valence-electron chi connectivity index (χ4n) is 2.60. The summed E-state index contributed by atoms with van der Waals surface area (Å²) < 4.78 is 0.